The van der Waals surface area contributed by atoms with Gasteiger partial charge in [-0.15, -0.1) is 0 Å². The molecule has 1 fully saturated rings. The molecule has 0 saturated carbocycles. The minimum Gasteiger partial charge on any atom is -0.322 e. The monoisotopic (exact) mass is 240 g/mol. The number of anilines is 1. The van der Waals surface area contributed by atoms with E-state index in [0.717, 1.165) is 31.2 Å². The summed E-state index contributed by atoms with van der Waals surface area (Å²) < 4.78 is 26.3. The second-order valence-corrected chi connectivity index (χ2v) is 4.44. The molecule has 1 amide bonds. The summed E-state index contributed by atoms with van der Waals surface area (Å²) >= 11 is 0. The first-order valence-corrected chi connectivity index (χ1v) is 5.53. The number of hydrogen-bond donors (Lipinski definition) is 2. The van der Waals surface area contributed by atoms with Gasteiger partial charge >= 0.3 is 0 Å². The van der Waals surface area contributed by atoms with Crippen LogP contribution in [0.4, 0.5) is 14.5 Å². The molecule has 1 atom stereocenters. The third-order valence-electron chi connectivity index (χ3n) is 3.05. The summed E-state index contributed by atoms with van der Waals surface area (Å²) in [4.78, 5) is 11.9. The van der Waals surface area contributed by atoms with Crippen LogP contribution in [0.5, 0.6) is 0 Å². The number of carbonyl (C=O) groups excluding carboxylic acids is 1. The molecule has 0 aromatic heterocycles. The van der Waals surface area contributed by atoms with E-state index in [9.17, 15) is 13.6 Å². The fourth-order valence-corrected chi connectivity index (χ4v) is 1.94. The predicted molar refractivity (Wildman–Crippen MR) is 60.6 cm³/mol. The molecular formula is C12H14F2N2O. The lowest BCUT2D eigenvalue weighted by Crippen LogP contribution is -2.48. The van der Waals surface area contributed by atoms with Crippen LogP contribution in [0.15, 0.2) is 18.2 Å². The molecule has 2 N–H and O–H groups in total. The average Bonchev–Trinajstić information content (AvgIpc) is 2.72. The first kappa shape index (κ1) is 12.0. The van der Waals surface area contributed by atoms with Gasteiger partial charge in [-0.2, -0.15) is 0 Å². The van der Waals surface area contributed by atoms with Crippen molar-refractivity contribution in [2.45, 2.75) is 25.3 Å². The van der Waals surface area contributed by atoms with Crippen LogP contribution in [0.2, 0.25) is 0 Å². The van der Waals surface area contributed by atoms with Crippen LogP contribution in [-0.2, 0) is 4.79 Å². The van der Waals surface area contributed by atoms with Gasteiger partial charge in [0.1, 0.15) is 11.6 Å². The normalized spacial score (nSPS) is 23.7. The highest BCUT2D eigenvalue weighted by molar-refractivity contribution is 5.98. The summed E-state index contributed by atoms with van der Waals surface area (Å²) in [5.74, 6) is -1.55. The molecule has 92 valence electrons. The second kappa shape index (κ2) is 4.41. The van der Waals surface area contributed by atoms with Gasteiger partial charge in [0.05, 0.1) is 11.2 Å². The van der Waals surface area contributed by atoms with E-state index in [1.165, 1.54) is 0 Å². The summed E-state index contributed by atoms with van der Waals surface area (Å²) in [5.41, 5.74) is -0.816. The van der Waals surface area contributed by atoms with Crippen molar-refractivity contribution in [3.05, 3.63) is 29.8 Å². The number of halogens is 2. The third-order valence-corrected chi connectivity index (χ3v) is 3.05. The Morgan fingerprint density at radius 2 is 2.24 bits per heavy atom. The molecule has 1 unspecified atom stereocenters. The lowest BCUT2D eigenvalue weighted by atomic mass is 9.99. The number of benzene rings is 1. The highest BCUT2D eigenvalue weighted by Crippen LogP contribution is 2.22. The van der Waals surface area contributed by atoms with Crippen LogP contribution >= 0.6 is 0 Å². The number of rotatable bonds is 2. The Morgan fingerprint density at radius 3 is 2.88 bits per heavy atom. The van der Waals surface area contributed by atoms with Crippen LogP contribution in [0.25, 0.3) is 0 Å². The number of hydrogen-bond acceptors (Lipinski definition) is 2. The zero-order valence-electron chi connectivity index (χ0n) is 9.52. The Kier molecular flexibility index (Phi) is 3.11. The average molecular weight is 240 g/mol. The largest absolute Gasteiger partial charge is 0.322 e. The highest BCUT2D eigenvalue weighted by Gasteiger charge is 2.36. The Hall–Kier alpha value is -1.49. The van der Waals surface area contributed by atoms with E-state index < -0.39 is 17.2 Å². The summed E-state index contributed by atoms with van der Waals surface area (Å²) in [7, 11) is 0. The van der Waals surface area contributed by atoms with Crippen molar-refractivity contribution in [3.63, 3.8) is 0 Å². The van der Waals surface area contributed by atoms with Gasteiger partial charge in [0.15, 0.2) is 0 Å². The van der Waals surface area contributed by atoms with E-state index in [-0.39, 0.29) is 11.6 Å². The molecule has 0 spiro atoms. The zero-order valence-corrected chi connectivity index (χ0v) is 9.52. The van der Waals surface area contributed by atoms with Gasteiger partial charge in [0.2, 0.25) is 5.91 Å². The fourth-order valence-electron chi connectivity index (χ4n) is 1.94. The lowest BCUT2D eigenvalue weighted by Gasteiger charge is -2.23. The Balaban J connectivity index is 2.15. The SMILES string of the molecule is CC1(C(=O)Nc2cc(F)ccc2F)CCCN1. The fraction of sp³-hybridized carbons (Fsp3) is 0.417. The summed E-state index contributed by atoms with van der Waals surface area (Å²) in [5, 5.41) is 5.48. The highest BCUT2D eigenvalue weighted by atomic mass is 19.1. The van der Waals surface area contributed by atoms with Crippen LogP contribution in [-0.4, -0.2) is 18.0 Å². The first-order valence-electron chi connectivity index (χ1n) is 5.53. The van der Waals surface area contributed by atoms with Crippen molar-refractivity contribution in [2.75, 3.05) is 11.9 Å². The number of carbonyl (C=O) groups is 1. The van der Waals surface area contributed by atoms with E-state index in [1.54, 1.807) is 6.92 Å². The van der Waals surface area contributed by atoms with Crippen LogP contribution < -0.4 is 10.6 Å². The predicted octanol–water partition coefficient (Wildman–Crippen LogP) is 2.05. The summed E-state index contributed by atoms with van der Waals surface area (Å²) in [6, 6.07) is 2.99. The second-order valence-electron chi connectivity index (χ2n) is 4.44. The maximum Gasteiger partial charge on any atom is 0.244 e. The topological polar surface area (TPSA) is 41.1 Å². The molecule has 1 saturated heterocycles. The van der Waals surface area contributed by atoms with Gasteiger partial charge in [-0.05, 0) is 38.4 Å². The smallest absolute Gasteiger partial charge is 0.244 e. The van der Waals surface area contributed by atoms with E-state index >= 15 is 0 Å². The van der Waals surface area contributed by atoms with Crippen molar-refractivity contribution in [1.29, 1.82) is 0 Å². The van der Waals surface area contributed by atoms with Gasteiger partial charge in [-0.1, -0.05) is 0 Å². The van der Waals surface area contributed by atoms with Gasteiger partial charge in [0, 0.05) is 6.07 Å². The molecule has 3 nitrogen and oxygen atoms in total. The standard InChI is InChI=1S/C12H14F2N2O/c1-12(5-2-6-15-12)11(17)16-10-7-8(13)3-4-9(10)14/h3-4,7,15H,2,5-6H2,1H3,(H,16,17). The molecular weight excluding hydrogens is 226 g/mol. The number of amides is 1. The van der Waals surface area contributed by atoms with Crippen molar-refractivity contribution >= 4 is 11.6 Å². The summed E-state index contributed by atoms with van der Waals surface area (Å²) in [6.07, 6.45) is 1.59. The van der Waals surface area contributed by atoms with E-state index in [4.69, 9.17) is 0 Å². The molecule has 0 aliphatic carbocycles. The van der Waals surface area contributed by atoms with Gasteiger partial charge in [-0.3, -0.25) is 4.79 Å². The quantitative estimate of drug-likeness (QED) is 0.830. The summed E-state index contributed by atoms with van der Waals surface area (Å²) in [6.45, 7) is 2.52. The van der Waals surface area contributed by atoms with E-state index in [1.807, 2.05) is 0 Å². The van der Waals surface area contributed by atoms with E-state index in [2.05, 4.69) is 10.6 Å². The van der Waals surface area contributed by atoms with Crippen molar-refractivity contribution in [1.82, 2.24) is 5.32 Å². The Morgan fingerprint density at radius 1 is 1.47 bits per heavy atom. The molecule has 1 aromatic carbocycles. The minimum atomic E-state index is -0.696. The first-order chi connectivity index (χ1) is 8.01. The molecule has 17 heavy (non-hydrogen) atoms. The van der Waals surface area contributed by atoms with Crippen LogP contribution in [0, 0.1) is 11.6 Å². The van der Waals surface area contributed by atoms with Crippen LogP contribution in [0.1, 0.15) is 19.8 Å². The maximum atomic E-state index is 13.3. The van der Waals surface area contributed by atoms with Crippen molar-refractivity contribution in [3.8, 4) is 0 Å². The molecule has 1 aliphatic heterocycles. The molecule has 0 bridgehead atoms. The lowest BCUT2D eigenvalue weighted by molar-refractivity contribution is -0.121. The molecule has 1 aromatic rings. The van der Waals surface area contributed by atoms with Crippen molar-refractivity contribution < 1.29 is 13.6 Å². The third kappa shape index (κ3) is 2.44. The van der Waals surface area contributed by atoms with E-state index in [0.29, 0.717) is 6.42 Å². The molecule has 1 aliphatic rings. The molecule has 0 radical (unpaired) electrons. The molecule has 5 heteroatoms. The Bertz CT molecular complexity index is 442. The Labute approximate surface area is 98.2 Å². The molecule has 1 heterocycles. The molecule has 2 rings (SSSR count). The van der Waals surface area contributed by atoms with Gasteiger partial charge in [-0.25, -0.2) is 8.78 Å². The maximum absolute atomic E-state index is 13.3. The number of nitrogens with one attached hydrogen (secondary N) is 2. The van der Waals surface area contributed by atoms with Crippen molar-refractivity contribution in [2.24, 2.45) is 0 Å². The minimum absolute atomic E-state index is 0.120. The van der Waals surface area contributed by atoms with Gasteiger partial charge < -0.3 is 10.6 Å². The van der Waals surface area contributed by atoms with Gasteiger partial charge in [0.25, 0.3) is 0 Å². The zero-order chi connectivity index (χ0) is 12.5. The van der Waals surface area contributed by atoms with Crippen LogP contribution in [0.3, 0.4) is 0 Å².